The molecule has 0 fully saturated rings. The Morgan fingerprint density at radius 3 is 2.76 bits per heavy atom. The van der Waals surface area contributed by atoms with Gasteiger partial charge in [0, 0.05) is 13.6 Å². The number of thiophene rings is 1. The van der Waals surface area contributed by atoms with E-state index in [1.807, 2.05) is 11.4 Å². The van der Waals surface area contributed by atoms with E-state index in [1.54, 1.807) is 7.05 Å². The third kappa shape index (κ3) is 2.78. The van der Waals surface area contributed by atoms with E-state index in [-0.39, 0.29) is 0 Å². The van der Waals surface area contributed by atoms with Crippen LogP contribution in [0.25, 0.3) is 10.2 Å². The molecule has 21 heavy (non-hydrogen) atoms. The maximum absolute atomic E-state index is 13.2. The molecule has 2 aromatic heterocycles. The number of fused-ring (bicyclic) bond motifs is 1. The van der Waals surface area contributed by atoms with Gasteiger partial charge < -0.3 is 10.6 Å². The summed E-state index contributed by atoms with van der Waals surface area (Å²) in [5.74, 6) is -0.528. The Morgan fingerprint density at radius 1 is 1.14 bits per heavy atom. The minimum Gasteiger partial charge on any atom is -0.365 e. The molecule has 0 amide bonds. The van der Waals surface area contributed by atoms with Gasteiger partial charge in [-0.05, 0) is 29.1 Å². The zero-order valence-electron chi connectivity index (χ0n) is 11.2. The van der Waals surface area contributed by atoms with Gasteiger partial charge in [0.15, 0.2) is 11.6 Å². The summed E-state index contributed by atoms with van der Waals surface area (Å²) in [5.41, 5.74) is 0.641. The van der Waals surface area contributed by atoms with Gasteiger partial charge in [-0.2, -0.15) is 4.98 Å². The lowest BCUT2D eigenvalue weighted by Gasteiger charge is -2.09. The molecule has 108 valence electrons. The van der Waals surface area contributed by atoms with Crippen LogP contribution in [0.3, 0.4) is 0 Å². The number of nitrogens with zero attached hydrogens (tertiary/aromatic N) is 2. The van der Waals surface area contributed by atoms with Crippen molar-refractivity contribution < 1.29 is 8.78 Å². The number of hydrogen-bond donors (Lipinski definition) is 2. The molecule has 0 radical (unpaired) electrons. The van der Waals surface area contributed by atoms with Crippen LogP contribution in [0.15, 0.2) is 29.6 Å². The predicted molar refractivity (Wildman–Crippen MR) is 80.6 cm³/mol. The molecule has 3 aromatic rings. The van der Waals surface area contributed by atoms with E-state index in [9.17, 15) is 8.78 Å². The Bertz CT molecular complexity index is 788. The van der Waals surface area contributed by atoms with E-state index in [0.717, 1.165) is 16.3 Å². The Morgan fingerprint density at radius 2 is 2.00 bits per heavy atom. The number of rotatable bonds is 4. The Balaban J connectivity index is 1.87. The van der Waals surface area contributed by atoms with Gasteiger partial charge in [-0.3, -0.25) is 0 Å². The van der Waals surface area contributed by atoms with Crippen LogP contribution in [0.4, 0.5) is 20.5 Å². The van der Waals surface area contributed by atoms with Gasteiger partial charge >= 0.3 is 0 Å². The highest BCUT2D eigenvalue weighted by Crippen LogP contribution is 2.26. The average Bonchev–Trinajstić information content (AvgIpc) is 2.96. The minimum absolute atomic E-state index is 0.350. The van der Waals surface area contributed by atoms with Gasteiger partial charge in [0.05, 0.1) is 5.39 Å². The van der Waals surface area contributed by atoms with Crippen LogP contribution in [0.2, 0.25) is 0 Å². The highest BCUT2D eigenvalue weighted by molar-refractivity contribution is 7.16. The summed E-state index contributed by atoms with van der Waals surface area (Å²) in [6.07, 6.45) is 0. The monoisotopic (exact) mass is 306 g/mol. The molecule has 0 spiro atoms. The standard InChI is InChI=1S/C14H12F2N4S/c1-17-14-19-12(9-4-5-21-13(9)20-14)18-7-8-2-3-10(15)11(16)6-8/h2-6H,7H2,1H3,(H2,17,18,19,20). The first-order chi connectivity index (χ1) is 10.2. The molecule has 0 aliphatic heterocycles. The van der Waals surface area contributed by atoms with Crippen LogP contribution in [0.1, 0.15) is 5.56 Å². The second-order valence-electron chi connectivity index (χ2n) is 4.39. The van der Waals surface area contributed by atoms with Crippen molar-refractivity contribution in [2.45, 2.75) is 6.54 Å². The highest BCUT2D eigenvalue weighted by atomic mass is 32.1. The maximum atomic E-state index is 13.2. The van der Waals surface area contributed by atoms with Crippen LogP contribution in [0, 0.1) is 11.6 Å². The van der Waals surface area contributed by atoms with Crippen LogP contribution >= 0.6 is 11.3 Å². The summed E-state index contributed by atoms with van der Waals surface area (Å²) in [6, 6.07) is 5.75. The van der Waals surface area contributed by atoms with Crippen molar-refractivity contribution >= 4 is 33.3 Å². The Hall–Kier alpha value is -2.28. The van der Waals surface area contributed by atoms with E-state index in [0.29, 0.717) is 23.9 Å². The molecule has 7 heteroatoms. The fourth-order valence-electron chi connectivity index (χ4n) is 1.94. The largest absolute Gasteiger partial charge is 0.365 e. The molecule has 0 unspecified atom stereocenters. The van der Waals surface area contributed by atoms with E-state index in [1.165, 1.54) is 23.5 Å². The molecule has 0 aliphatic rings. The van der Waals surface area contributed by atoms with Gasteiger partial charge in [-0.15, -0.1) is 11.3 Å². The lowest BCUT2D eigenvalue weighted by Crippen LogP contribution is -2.05. The fourth-order valence-corrected chi connectivity index (χ4v) is 2.70. The first-order valence-electron chi connectivity index (χ1n) is 6.28. The Kier molecular flexibility index (Phi) is 3.66. The zero-order valence-corrected chi connectivity index (χ0v) is 12.0. The fraction of sp³-hybridized carbons (Fsp3) is 0.143. The molecule has 0 saturated carbocycles. The van der Waals surface area contributed by atoms with Crippen molar-refractivity contribution in [1.82, 2.24) is 9.97 Å². The molecule has 4 nitrogen and oxygen atoms in total. The first-order valence-corrected chi connectivity index (χ1v) is 7.16. The first kappa shape index (κ1) is 13.7. The molecule has 0 aliphatic carbocycles. The van der Waals surface area contributed by atoms with Crippen molar-refractivity contribution in [2.24, 2.45) is 0 Å². The van der Waals surface area contributed by atoms with Crippen molar-refractivity contribution in [3.8, 4) is 0 Å². The quantitative estimate of drug-likeness (QED) is 0.773. The maximum Gasteiger partial charge on any atom is 0.225 e. The summed E-state index contributed by atoms with van der Waals surface area (Å²) < 4.78 is 26.1. The molecule has 0 bridgehead atoms. The van der Waals surface area contributed by atoms with Crippen molar-refractivity contribution in [3.05, 3.63) is 46.8 Å². The summed E-state index contributed by atoms with van der Waals surface area (Å²) in [6.45, 7) is 0.350. The van der Waals surface area contributed by atoms with Crippen LogP contribution < -0.4 is 10.6 Å². The lowest BCUT2D eigenvalue weighted by atomic mass is 10.2. The molecule has 2 heterocycles. The van der Waals surface area contributed by atoms with Gasteiger partial charge in [-0.1, -0.05) is 6.07 Å². The molecular formula is C14H12F2N4S. The third-order valence-corrected chi connectivity index (χ3v) is 3.80. The van der Waals surface area contributed by atoms with Gasteiger partial charge in [0.1, 0.15) is 10.6 Å². The second-order valence-corrected chi connectivity index (χ2v) is 5.28. The molecule has 3 rings (SSSR count). The van der Waals surface area contributed by atoms with Crippen LogP contribution in [-0.4, -0.2) is 17.0 Å². The van der Waals surface area contributed by atoms with E-state index in [4.69, 9.17) is 0 Å². The highest BCUT2D eigenvalue weighted by Gasteiger charge is 2.09. The molecule has 2 N–H and O–H groups in total. The molecule has 0 atom stereocenters. The number of benzene rings is 1. The smallest absolute Gasteiger partial charge is 0.225 e. The van der Waals surface area contributed by atoms with Crippen molar-refractivity contribution in [2.75, 3.05) is 17.7 Å². The number of aromatic nitrogens is 2. The predicted octanol–water partition coefficient (Wildman–Crippen LogP) is 3.62. The van der Waals surface area contributed by atoms with E-state index >= 15 is 0 Å². The summed E-state index contributed by atoms with van der Waals surface area (Å²) in [7, 11) is 1.74. The summed E-state index contributed by atoms with van der Waals surface area (Å²) >= 11 is 1.52. The number of halogens is 2. The third-order valence-electron chi connectivity index (χ3n) is 2.99. The molecule has 0 saturated heterocycles. The topological polar surface area (TPSA) is 49.8 Å². The molecule has 1 aromatic carbocycles. The Labute approximate surface area is 123 Å². The summed E-state index contributed by atoms with van der Waals surface area (Å²) in [4.78, 5) is 9.56. The summed E-state index contributed by atoms with van der Waals surface area (Å²) in [5, 5.41) is 8.87. The van der Waals surface area contributed by atoms with Crippen molar-refractivity contribution in [3.63, 3.8) is 0 Å². The number of anilines is 2. The SMILES string of the molecule is CNc1nc(NCc2ccc(F)c(F)c2)c2ccsc2n1. The van der Waals surface area contributed by atoms with Gasteiger partial charge in [-0.25, -0.2) is 13.8 Å². The van der Waals surface area contributed by atoms with E-state index in [2.05, 4.69) is 20.6 Å². The normalized spacial score (nSPS) is 10.8. The minimum atomic E-state index is -0.853. The second kappa shape index (κ2) is 5.61. The number of nitrogens with one attached hydrogen (secondary N) is 2. The zero-order chi connectivity index (χ0) is 14.8. The van der Waals surface area contributed by atoms with Gasteiger partial charge in [0.2, 0.25) is 5.95 Å². The average molecular weight is 306 g/mol. The van der Waals surface area contributed by atoms with Crippen molar-refractivity contribution in [1.29, 1.82) is 0 Å². The van der Waals surface area contributed by atoms with Crippen LogP contribution in [-0.2, 0) is 6.54 Å². The molecular weight excluding hydrogens is 294 g/mol. The lowest BCUT2D eigenvalue weighted by molar-refractivity contribution is 0.507. The van der Waals surface area contributed by atoms with Gasteiger partial charge in [0.25, 0.3) is 0 Å². The van der Waals surface area contributed by atoms with E-state index < -0.39 is 11.6 Å². The van der Waals surface area contributed by atoms with Crippen LogP contribution in [0.5, 0.6) is 0 Å². The number of hydrogen-bond acceptors (Lipinski definition) is 5.